The van der Waals surface area contributed by atoms with Crippen molar-refractivity contribution in [2.75, 3.05) is 45.7 Å². The molecule has 2 aromatic carbocycles. The Morgan fingerprint density at radius 3 is 2.43 bits per heavy atom. The Hall–Kier alpha value is -3.28. The zero-order chi connectivity index (χ0) is 26.6. The van der Waals surface area contributed by atoms with Gasteiger partial charge in [0.15, 0.2) is 0 Å². The number of carbonyl (C=O) groups is 1. The fourth-order valence-electron chi connectivity index (χ4n) is 4.32. The van der Waals surface area contributed by atoms with Crippen molar-refractivity contribution in [1.29, 1.82) is 0 Å². The second kappa shape index (κ2) is 11.4. The van der Waals surface area contributed by atoms with Crippen LogP contribution in [0, 0.1) is 5.92 Å². The van der Waals surface area contributed by atoms with Gasteiger partial charge < -0.3 is 14.8 Å². The average Bonchev–Trinajstić information content (AvgIpc) is 2.91. The average molecular weight is 528 g/mol. The van der Waals surface area contributed by atoms with Crippen molar-refractivity contribution >= 4 is 32.7 Å². The van der Waals surface area contributed by atoms with E-state index in [4.69, 9.17) is 19.4 Å². The number of nitrogens with one attached hydrogen (secondary N) is 1. The van der Waals surface area contributed by atoms with E-state index < -0.39 is 16.1 Å². The molecule has 0 amide bonds. The lowest BCUT2D eigenvalue weighted by atomic mass is 10.0. The van der Waals surface area contributed by atoms with E-state index in [2.05, 4.69) is 10.2 Å². The number of rotatable bonds is 9. The van der Waals surface area contributed by atoms with Crippen LogP contribution in [0.4, 0.5) is 5.82 Å². The van der Waals surface area contributed by atoms with Gasteiger partial charge in [-0.1, -0.05) is 32.0 Å². The van der Waals surface area contributed by atoms with Gasteiger partial charge in [-0.2, -0.15) is 4.31 Å². The zero-order valence-electron chi connectivity index (χ0n) is 21.5. The smallest absolute Gasteiger partial charge is 0.328 e. The van der Waals surface area contributed by atoms with Gasteiger partial charge in [0.2, 0.25) is 10.0 Å². The van der Waals surface area contributed by atoms with E-state index in [1.54, 1.807) is 18.2 Å². The summed E-state index contributed by atoms with van der Waals surface area (Å²) in [6, 6.07) is 13.6. The molecule has 1 atom stereocenters. The molecule has 37 heavy (non-hydrogen) atoms. The second-order valence-electron chi connectivity index (χ2n) is 9.25. The fourth-order valence-corrected chi connectivity index (χ4v) is 5.77. The molecule has 0 radical (unpaired) electrons. The number of methoxy groups -OCH3 is 2. The first-order valence-corrected chi connectivity index (χ1v) is 13.6. The van der Waals surface area contributed by atoms with Gasteiger partial charge in [0.25, 0.3) is 0 Å². The lowest BCUT2D eigenvalue weighted by Crippen LogP contribution is -2.48. The van der Waals surface area contributed by atoms with Gasteiger partial charge >= 0.3 is 5.97 Å². The molecule has 1 aliphatic rings. The zero-order valence-corrected chi connectivity index (χ0v) is 22.4. The molecule has 0 unspecified atom stereocenters. The van der Waals surface area contributed by atoms with E-state index in [9.17, 15) is 13.2 Å². The maximum absolute atomic E-state index is 13.1. The lowest BCUT2D eigenvalue weighted by molar-refractivity contribution is -0.142. The number of fused-ring (bicyclic) bond motifs is 1. The normalized spacial score (nSPS) is 16.0. The molecule has 11 heteroatoms. The molecule has 198 valence electrons. The SMILES string of the molecule is COC(=O)[C@@H](Nc1nc(CN2CCN(S(=O)(=O)c3cccc(OC)c3)CC2)nc2ccccc12)C(C)C. The Morgan fingerprint density at radius 1 is 1.03 bits per heavy atom. The minimum Gasteiger partial charge on any atom is -0.497 e. The number of ether oxygens (including phenoxy) is 2. The lowest BCUT2D eigenvalue weighted by Gasteiger charge is -2.33. The molecule has 0 aliphatic carbocycles. The minimum atomic E-state index is -3.62. The third kappa shape index (κ3) is 6.00. The van der Waals surface area contributed by atoms with Crippen molar-refractivity contribution in [2.24, 2.45) is 5.92 Å². The number of aromatic nitrogens is 2. The highest BCUT2D eigenvalue weighted by molar-refractivity contribution is 7.89. The van der Waals surface area contributed by atoms with Gasteiger partial charge in [0.05, 0.1) is 31.2 Å². The van der Waals surface area contributed by atoms with Crippen molar-refractivity contribution in [3.8, 4) is 5.75 Å². The summed E-state index contributed by atoms with van der Waals surface area (Å²) in [6.07, 6.45) is 0. The number of para-hydroxylation sites is 1. The summed E-state index contributed by atoms with van der Waals surface area (Å²) >= 11 is 0. The van der Waals surface area contributed by atoms with E-state index >= 15 is 0 Å². The van der Waals surface area contributed by atoms with Crippen LogP contribution in [-0.2, 0) is 26.1 Å². The molecule has 0 bridgehead atoms. The number of esters is 1. The van der Waals surface area contributed by atoms with Crippen molar-refractivity contribution in [3.63, 3.8) is 0 Å². The van der Waals surface area contributed by atoms with Crippen LogP contribution < -0.4 is 10.1 Å². The van der Waals surface area contributed by atoms with Crippen LogP contribution in [0.15, 0.2) is 53.4 Å². The van der Waals surface area contributed by atoms with Gasteiger partial charge in [-0.15, -0.1) is 0 Å². The first-order valence-electron chi connectivity index (χ1n) is 12.2. The van der Waals surface area contributed by atoms with Crippen LogP contribution in [0.25, 0.3) is 10.9 Å². The summed E-state index contributed by atoms with van der Waals surface area (Å²) in [5.41, 5.74) is 0.765. The second-order valence-corrected chi connectivity index (χ2v) is 11.2. The van der Waals surface area contributed by atoms with Crippen LogP contribution >= 0.6 is 0 Å². The Labute approximate surface area is 217 Å². The first kappa shape index (κ1) is 26.8. The van der Waals surface area contributed by atoms with Crippen molar-refractivity contribution < 1.29 is 22.7 Å². The number of benzene rings is 2. The maximum atomic E-state index is 13.1. The number of piperazine rings is 1. The minimum absolute atomic E-state index is 0.00997. The summed E-state index contributed by atoms with van der Waals surface area (Å²) in [4.78, 5) is 24.2. The molecule has 1 N–H and O–H groups in total. The van der Waals surface area contributed by atoms with E-state index in [-0.39, 0.29) is 16.8 Å². The molecule has 4 rings (SSSR count). The summed E-state index contributed by atoms with van der Waals surface area (Å²) in [5.74, 6) is 1.31. The first-order chi connectivity index (χ1) is 17.7. The van der Waals surface area contributed by atoms with Gasteiger partial charge in [-0.05, 0) is 30.2 Å². The predicted molar refractivity (Wildman–Crippen MR) is 141 cm³/mol. The molecule has 2 heterocycles. The van der Waals surface area contributed by atoms with E-state index in [0.717, 1.165) is 10.9 Å². The Bertz CT molecular complexity index is 1360. The largest absolute Gasteiger partial charge is 0.497 e. The van der Waals surface area contributed by atoms with Crippen LogP contribution in [0.1, 0.15) is 19.7 Å². The third-order valence-electron chi connectivity index (χ3n) is 6.44. The van der Waals surface area contributed by atoms with Gasteiger partial charge in [0, 0.05) is 37.6 Å². The third-order valence-corrected chi connectivity index (χ3v) is 8.33. The van der Waals surface area contributed by atoms with Crippen LogP contribution in [-0.4, -0.2) is 80.0 Å². The summed E-state index contributed by atoms with van der Waals surface area (Å²) in [5, 5.41) is 4.08. The number of anilines is 1. The molecule has 10 nitrogen and oxygen atoms in total. The van der Waals surface area contributed by atoms with Gasteiger partial charge in [-0.3, -0.25) is 4.90 Å². The number of carbonyl (C=O) groups excluding carboxylic acids is 1. The molecule has 0 saturated carbocycles. The van der Waals surface area contributed by atoms with E-state index in [1.807, 2.05) is 38.1 Å². The highest BCUT2D eigenvalue weighted by atomic mass is 32.2. The van der Waals surface area contributed by atoms with E-state index in [0.29, 0.717) is 50.1 Å². The molecule has 1 saturated heterocycles. The van der Waals surface area contributed by atoms with Gasteiger partial charge in [-0.25, -0.2) is 23.2 Å². The Kier molecular flexibility index (Phi) is 8.25. The summed E-state index contributed by atoms with van der Waals surface area (Å²) in [7, 11) is -0.733. The highest BCUT2D eigenvalue weighted by Crippen LogP contribution is 2.25. The number of sulfonamides is 1. The monoisotopic (exact) mass is 527 g/mol. The molecular weight excluding hydrogens is 494 g/mol. The number of hydrogen-bond acceptors (Lipinski definition) is 9. The highest BCUT2D eigenvalue weighted by Gasteiger charge is 2.29. The van der Waals surface area contributed by atoms with Crippen LogP contribution in [0.2, 0.25) is 0 Å². The van der Waals surface area contributed by atoms with Crippen molar-refractivity contribution in [2.45, 2.75) is 31.3 Å². The van der Waals surface area contributed by atoms with Crippen LogP contribution in [0.5, 0.6) is 5.75 Å². The van der Waals surface area contributed by atoms with Crippen molar-refractivity contribution in [3.05, 3.63) is 54.4 Å². The summed E-state index contributed by atoms with van der Waals surface area (Å²) in [6.45, 7) is 6.14. The Balaban J connectivity index is 1.50. The van der Waals surface area contributed by atoms with Crippen molar-refractivity contribution in [1.82, 2.24) is 19.2 Å². The number of hydrogen-bond donors (Lipinski definition) is 1. The van der Waals surface area contributed by atoms with Gasteiger partial charge in [0.1, 0.15) is 23.4 Å². The Morgan fingerprint density at radius 2 is 1.76 bits per heavy atom. The molecule has 3 aromatic rings. The van der Waals surface area contributed by atoms with E-state index in [1.165, 1.54) is 24.6 Å². The quantitative estimate of drug-likeness (QED) is 0.420. The molecule has 1 fully saturated rings. The number of nitrogens with zero attached hydrogens (tertiary/aromatic N) is 4. The predicted octanol–water partition coefficient (Wildman–Crippen LogP) is 2.75. The topological polar surface area (TPSA) is 114 Å². The fraction of sp³-hybridized carbons (Fsp3) is 0.423. The maximum Gasteiger partial charge on any atom is 0.328 e. The molecule has 1 aliphatic heterocycles. The molecule has 0 spiro atoms. The summed E-state index contributed by atoms with van der Waals surface area (Å²) < 4.78 is 37.9. The van der Waals surface area contributed by atoms with Crippen LogP contribution in [0.3, 0.4) is 0 Å². The molecular formula is C26H33N5O5S. The molecule has 1 aromatic heterocycles. The standard InChI is InChI=1S/C26H33N5O5S/c1-18(2)24(26(32)36-4)29-25-21-10-5-6-11-22(21)27-23(28-25)17-30-12-14-31(15-13-30)37(33,34)20-9-7-8-19(16-20)35-3/h5-11,16,18,24H,12-15,17H2,1-4H3,(H,27,28,29)/t24-/m0/s1.